The maximum absolute atomic E-state index is 10.6. The summed E-state index contributed by atoms with van der Waals surface area (Å²) in [6, 6.07) is 3.27. The molecule has 0 saturated heterocycles. The van der Waals surface area contributed by atoms with E-state index in [4.69, 9.17) is 16.8 Å². The van der Waals surface area contributed by atoms with Gasteiger partial charge in [0.1, 0.15) is 18.3 Å². The average molecular weight is 216 g/mol. The van der Waals surface area contributed by atoms with Crippen LogP contribution in [0.25, 0.3) is 0 Å². The van der Waals surface area contributed by atoms with Crippen LogP contribution in [0, 0.1) is 23.7 Å². The molecule has 1 N–H and O–H groups in total. The Morgan fingerprint density at radius 1 is 1.69 bits per heavy atom. The van der Waals surface area contributed by atoms with Gasteiger partial charge in [-0.3, -0.25) is 4.79 Å². The third-order valence-electron chi connectivity index (χ3n) is 1.65. The van der Waals surface area contributed by atoms with Crippen molar-refractivity contribution in [3.05, 3.63) is 18.0 Å². The summed E-state index contributed by atoms with van der Waals surface area (Å²) in [5, 5.41) is 17.3. The monoisotopic (exact) mass is 216 g/mol. The molecule has 0 aromatic carbocycles. The first-order valence-electron chi connectivity index (χ1n) is 4.30. The third-order valence-corrected chi connectivity index (χ3v) is 1.65. The lowest BCUT2D eigenvalue weighted by Gasteiger charge is -2.17. The fraction of sp³-hybridized carbons (Fsp3) is 0.200. The number of terminal acetylenes is 1. The zero-order valence-electron chi connectivity index (χ0n) is 8.29. The van der Waals surface area contributed by atoms with Gasteiger partial charge in [-0.2, -0.15) is 5.26 Å². The lowest BCUT2D eigenvalue weighted by molar-refractivity contribution is -0.135. The molecule has 0 aliphatic rings. The van der Waals surface area contributed by atoms with Gasteiger partial charge in [0.15, 0.2) is 0 Å². The Hall–Kier alpha value is -2.60. The highest BCUT2D eigenvalue weighted by Gasteiger charge is 2.12. The molecule has 1 aromatic rings. The van der Waals surface area contributed by atoms with Crippen molar-refractivity contribution in [3.63, 3.8) is 0 Å². The highest BCUT2D eigenvalue weighted by molar-refractivity contribution is 5.72. The number of aromatic nitrogens is 2. The summed E-state index contributed by atoms with van der Waals surface area (Å²) in [5.74, 6) is 1.41. The Labute approximate surface area is 92.2 Å². The van der Waals surface area contributed by atoms with E-state index in [1.807, 2.05) is 6.07 Å². The largest absolute Gasteiger partial charge is 0.480 e. The summed E-state index contributed by atoms with van der Waals surface area (Å²) in [6.45, 7) is -0.236. The maximum Gasteiger partial charge on any atom is 0.323 e. The molecule has 0 aliphatic heterocycles. The number of hydrogen-bond donors (Lipinski definition) is 1. The summed E-state index contributed by atoms with van der Waals surface area (Å²) in [4.78, 5) is 19.6. The molecule has 6 nitrogen and oxygen atoms in total. The van der Waals surface area contributed by atoms with Crippen LogP contribution < -0.4 is 4.90 Å². The number of nitriles is 1. The first-order valence-corrected chi connectivity index (χ1v) is 4.30. The van der Waals surface area contributed by atoms with E-state index in [0.717, 1.165) is 0 Å². The van der Waals surface area contributed by atoms with E-state index in [1.54, 1.807) is 0 Å². The number of carboxylic acids is 1. The van der Waals surface area contributed by atoms with E-state index in [1.165, 1.54) is 17.2 Å². The second-order valence-corrected chi connectivity index (χ2v) is 2.81. The maximum atomic E-state index is 10.6. The van der Waals surface area contributed by atoms with Gasteiger partial charge in [-0.15, -0.1) is 6.42 Å². The van der Waals surface area contributed by atoms with Gasteiger partial charge in [0.25, 0.3) is 0 Å². The highest BCUT2D eigenvalue weighted by atomic mass is 16.4. The molecule has 0 bridgehead atoms. The van der Waals surface area contributed by atoms with Crippen molar-refractivity contribution in [1.82, 2.24) is 9.97 Å². The molecule has 1 heterocycles. The van der Waals surface area contributed by atoms with Crippen LogP contribution >= 0.6 is 0 Å². The van der Waals surface area contributed by atoms with E-state index >= 15 is 0 Å². The SMILES string of the molecule is C#CCN(CC(=O)O)c1nccc(C#N)n1. The molecule has 16 heavy (non-hydrogen) atoms. The zero-order chi connectivity index (χ0) is 12.0. The van der Waals surface area contributed by atoms with Crippen molar-refractivity contribution in [2.24, 2.45) is 0 Å². The minimum absolute atomic E-state index is 0.0706. The number of nitrogens with zero attached hydrogens (tertiary/aromatic N) is 4. The lowest BCUT2D eigenvalue weighted by Crippen LogP contribution is -2.31. The zero-order valence-corrected chi connectivity index (χ0v) is 8.29. The lowest BCUT2D eigenvalue weighted by atomic mass is 10.4. The van der Waals surface area contributed by atoms with Gasteiger partial charge in [-0.1, -0.05) is 5.92 Å². The standard InChI is InChI=1S/C10H8N4O2/c1-2-5-14(7-9(15)16)10-12-4-3-8(6-11)13-10/h1,3-4H,5,7H2,(H,15,16). The van der Waals surface area contributed by atoms with Crippen molar-refractivity contribution in [3.8, 4) is 18.4 Å². The van der Waals surface area contributed by atoms with Gasteiger partial charge in [0.05, 0.1) is 6.54 Å². The van der Waals surface area contributed by atoms with Crippen LogP contribution in [0.15, 0.2) is 12.3 Å². The predicted molar refractivity (Wildman–Crippen MR) is 55.4 cm³/mol. The van der Waals surface area contributed by atoms with E-state index in [-0.39, 0.29) is 24.7 Å². The van der Waals surface area contributed by atoms with Gasteiger partial charge in [0.2, 0.25) is 5.95 Å². The van der Waals surface area contributed by atoms with Gasteiger partial charge >= 0.3 is 5.97 Å². The molecule has 1 rings (SSSR count). The normalized spacial score (nSPS) is 8.88. The Balaban J connectivity index is 2.97. The van der Waals surface area contributed by atoms with Crippen LogP contribution in [0.1, 0.15) is 5.69 Å². The van der Waals surface area contributed by atoms with Crippen molar-refractivity contribution in [2.75, 3.05) is 18.0 Å². The Morgan fingerprint density at radius 3 is 3.00 bits per heavy atom. The number of rotatable bonds is 4. The molecule has 80 valence electrons. The van der Waals surface area contributed by atoms with Crippen molar-refractivity contribution >= 4 is 11.9 Å². The summed E-state index contributed by atoms with van der Waals surface area (Å²) in [5.41, 5.74) is 0.164. The van der Waals surface area contributed by atoms with E-state index in [9.17, 15) is 4.79 Å². The first kappa shape index (κ1) is 11.5. The number of aliphatic carboxylic acids is 1. The Bertz CT molecular complexity index is 472. The van der Waals surface area contributed by atoms with Crippen LogP contribution in [0.2, 0.25) is 0 Å². The van der Waals surface area contributed by atoms with Crippen molar-refractivity contribution in [2.45, 2.75) is 0 Å². The molecule has 0 radical (unpaired) electrons. The van der Waals surface area contributed by atoms with Crippen molar-refractivity contribution < 1.29 is 9.90 Å². The number of anilines is 1. The van der Waals surface area contributed by atoms with Gasteiger partial charge in [-0.05, 0) is 6.07 Å². The van der Waals surface area contributed by atoms with E-state index in [0.29, 0.717) is 0 Å². The Morgan fingerprint density at radius 2 is 2.44 bits per heavy atom. The molecule has 0 aliphatic carbocycles. The molecule has 0 unspecified atom stereocenters. The second-order valence-electron chi connectivity index (χ2n) is 2.81. The number of carboxylic acid groups (broad SMARTS) is 1. The fourth-order valence-electron chi connectivity index (χ4n) is 1.03. The van der Waals surface area contributed by atoms with Gasteiger partial charge < -0.3 is 10.0 Å². The summed E-state index contributed by atoms with van der Waals surface area (Å²) in [6.07, 6.45) is 6.49. The fourth-order valence-corrected chi connectivity index (χ4v) is 1.03. The van der Waals surface area contributed by atoms with Crippen LogP contribution in [-0.2, 0) is 4.79 Å². The number of hydrogen-bond acceptors (Lipinski definition) is 5. The minimum Gasteiger partial charge on any atom is -0.480 e. The molecule has 0 amide bonds. The second kappa shape index (κ2) is 5.32. The smallest absolute Gasteiger partial charge is 0.323 e. The molecule has 0 saturated carbocycles. The van der Waals surface area contributed by atoms with Crippen LogP contribution in [-0.4, -0.2) is 34.1 Å². The molecule has 0 atom stereocenters. The quantitative estimate of drug-likeness (QED) is 0.705. The topological polar surface area (TPSA) is 90.1 Å². The minimum atomic E-state index is -1.04. The third kappa shape index (κ3) is 2.96. The molecule has 0 fully saturated rings. The van der Waals surface area contributed by atoms with Crippen LogP contribution in [0.4, 0.5) is 5.95 Å². The highest BCUT2D eigenvalue weighted by Crippen LogP contribution is 2.06. The van der Waals surface area contributed by atoms with Crippen LogP contribution in [0.3, 0.4) is 0 Å². The van der Waals surface area contributed by atoms with Gasteiger partial charge in [0, 0.05) is 6.20 Å². The Kier molecular flexibility index (Phi) is 3.82. The predicted octanol–water partition coefficient (Wildman–Crippen LogP) is -0.128. The summed E-state index contributed by atoms with van der Waals surface area (Å²) in [7, 11) is 0. The molecule has 6 heteroatoms. The summed E-state index contributed by atoms with van der Waals surface area (Å²) < 4.78 is 0. The summed E-state index contributed by atoms with van der Waals surface area (Å²) >= 11 is 0. The number of carbonyl (C=O) groups is 1. The molecule has 1 aromatic heterocycles. The molecular weight excluding hydrogens is 208 g/mol. The molecular formula is C10H8N4O2. The van der Waals surface area contributed by atoms with Crippen LogP contribution in [0.5, 0.6) is 0 Å². The molecule has 0 spiro atoms. The average Bonchev–Trinajstić information content (AvgIpc) is 2.28. The first-order chi connectivity index (χ1) is 7.67. The van der Waals surface area contributed by atoms with E-state index < -0.39 is 5.97 Å². The van der Waals surface area contributed by atoms with E-state index in [2.05, 4.69) is 15.9 Å². The van der Waals surface area contributed by atoms with Crippen molar-refractivity contribution in [1.29, 1.82) is 5.26 Å². The van der Waals surface area contributed by atoms with Gasteiger partial charge in [-0.25, -0.2) is 9.97 Å².